The number of carbonyl (C=O) groups excluding carboxylic acids is 1. The molecule has 4 nitrogen and oxygen atoms in total. The van der Waals surface area contributed by atoms with E-state index in [0.717, 1.165) is 42.0 Å². The van der Waals surface area contributed by atoms with Crippen molar-refractivity contribution in [3.05, 3.63) is 58.7 Å². The van der Waals surface area contributed by atoms with Gasteiger partial charge in [0.2, 0.25) is 0 Å². The van der Waals surface area contributed by atoms with Crippen molar-refractivity contribution in [1.82, 2.24) is 0 Å². The Morgan fingerprint density at radius 1 is 1.10 bits per heavy atom. The maximum atomic E-state index is 14.4. The molecule has 29 heavy (non-hydrogen) atoms. The lowest BCUT2D eigenvalue weighted by atomic mass is 10.1. The zero-order valence-electron chi connectivity index (χ0n) is 16.5. The van der Waals surface area contributed by atoms with Crippen molar-refractivity contribution in [2.75, 3.05) is 30.4 Å². The fourth-order valence-corrected chi connectivity index (χ4v) is 5.10. The minimum Gasteiger partial charge on any atom is -0.380 e. The van der Waals surface area contributed by atoms with E-state index in [2.05, 4.69) is 16.3 Å². The Morgan fingerprint density at radius 3 is 2.62 bits per heavy atom. The highest BCUT2D eigenvalue weighted by Gasteiger charge is 2.22. The summed E-state index contributed by atoms with van der Waals surface area (Å²) in [4.78, 5) is 16.0. The number of ether oxygens (including phenoxy) is 1. The monoisotopic (exact) mass is 412 g/mol. The second kappa shape index (κ2) is 8.93. The minimum atomic E-state index is -0.324. The Morgan fingerprint density at radius 2 is 1.86 bits per heavy atom. The average Bonchev–Trinajstić information content (AvgIpc) is 2.90. The van der Waals surface area contributed by atoms with Crippen molar-refractivity contribution in [3.8, 4) is 0 Å². The lowest BCUT2D eigenvalue weighted by Gasteiger charge is -2.25. The van der Waals surface area contributed by atoms with Gasteiger partial charge in [0.05, 0.1) is 22.9 Å². The van der Waals surface area contributed by atoms with Crippen LogP contribution in [0, 0.1) is 5.82 Å². The van der Waals surface area contributed by atoms with Gasteiger partial charge in [0, 0.05) is 35.8 Å². The van der Waals surface area contributed by atoms with Crippen molar-refractivity contribution >= 4 is 38.7 Å². The van der Waals surface area contributed by atoms with E-state index in [1.807, 2.05) is 24.3 Å². The first kappa shape index (κ1) is 19.9. The normalized spacial score (nSPS) is 14.8. The summed E-state index contributed by atoms with van der Waals surface area (Å²) in [5, 5.41) is 3.55. The topological polar surface area (TPSA) is 41.6 Å². The molecule has 0 saturated carbocycles. The van der Waals surface area contributed by atoms with Gasteiger partial charge < -0.3 is 15.0 Å². The van der Waals surface area contributed by atoms with E-state index in [-0.39, 0.29) is 18.3 Å². The molecule has 152 valence electrons. The van der Waals surface area contributed by atoms with Gasteiger partial charge in [0.25, 0.3) is 5.91 Å². The molecule has 1 N–H and O–H groups in total. The van der Waals surface area contributed by atoms with Gasteiger partial charge in [-0.3, -0.25) is 4.79 Å². The fraction of sp³-hybridized carbons (Fsp3) is 0.348. The van der Waals surface area contributed by atoms with Gasteiger partial charge >= 0.3 is 0 Å². The van der Waals surface area contributed by atoms with Crippen molar-refractivity contribution < 1.29 is 13.9 Å². The lowest BCUT2D eigenvalue weighted by molar-refractivity contribution is 0.102. The summed E-state index contributed by atoms with van der Waals surface area (Å²) in [7, 11) is 1.56. The van der Waals surface area contributed by atoms with E-state index in [9.17, 15) is 9.18 Å². The van der Waals surface area contributed by atoms with Crippen molar-refractivity contribution in [2.45, 2.75) is 32.3 Å². The molecule has 1 amide bonds. The van der Waals surface area contributed by atoms with E-state index in [4.69, 9.17) is 4.74 Å². The van der Waals surface area contributed by atoms with E-state index < -0.39 is 0 Å². The summed E-state index contributed by atoms with van der Waals surface area (Å²) in [6.07, 6.45) is 4.82. The third-order valence-corrected chi connectivity index (χ3v) is 6.55. The highest BCUT2D eigenvalue weighted by molar-refractivity contribution is 7.21. The number of hydrogen-bond donors (Lipinski definition) is 1. The Bertz CT molecular complexity index is 1010. The number of halogens is 1. The maximum absolute atomic E-state index is 14.4. The second-order valence-electron chi connectivity index (χ2n) is 7.33. The van der Waals surface area contributed by atoms with Crippen LogP contribution in [0.3, 0.4) is 0 Å². The summed E-state index contributed by atoms with van der Waals surface area (Å²) in [5.74, 6) is -0.547. The van der Waals surface area contributed by atoms with Crippen LogP contribution in [-0.2, 0) is 11.3 Å². The number of anilines is 2. The average molecular weight is 413 g/mol. The van der Waals surface area contributed by atoms with Gasteiger partial charge in [-0.25, -0.2) is 4.39 Å². The first-order valence-electron chi connectivity index (χ1n) is 10.0. The van der Waals surface area contributed by atoms with Crippen LogP contribution in [0.15, 0.2) is 42.5 Å². The molecule has 0 aliphatic carbocycles. The molecule has 4 rings (SSSR count). The molecule has 1 aliphatic rings. The van der Waals surface area contributed by atoms with E-state index in [1.165, 1.54) is 30.2 Å². The first-order chi connectivity index (χ1) is 14.2. The summed E-state index contributed by atoms with van der Waals surface area (Å²) in [5.41, 5.74) is 2.44. The number of carbonyl (C=O) groups is 1. The van der Waals surface area contributed by atoms with Crippen LogP contribution in [0.2, 0.25) is 0 Å². The van der Waals surface area contributed by atoms with Crippen LogP contribution < -0.4 is 10.2 Å². The smallest absolute Gasteiger partial charge is 0.266 e. The summed E-state index contributed by atoms with van der Waals surface area (Å²) < 4.78 is 20.5. The van der Waals surface area contributed by atoms with Gasteiger partial charge in [-0.2, -0.15) is 0 Å². The predicted molar refractivity (Wildman–Crippen MR) is 118 cm³/mol. The molecule has 2 heterocycles. The summed E-state index contributed by atoms with van der Waals surface area (Å²) in [6.45, 7) is 2.18. The molecule has 6 heteroatoms. The summed E-state index contributed by atoms with van der Waals surface area (Å²) >= 11 is 1.30. The number of thiophene rings is 1. The fourth-order valence-electron chi connectivity index (χ4n) is 3.98. The SMILES string of the molecule is COCc1c(C(=O)Nc2ccccc2N2CCCCCC2)sc2cccc(F)c12. The number of nitrogens with one attached hydrogen (secondary N) is 1. The molecule has 1 aromatic heterocycles. The lowest BCUT2D eigenvalue weighted by Crippen LogP contribution is -2.25. The number of rotatable bonds is 5. The molecule has 0 unspecified atom stereocenters. The number of benzene rings is 2. The third kappa shape index (κ3) is 4.14. The highest BCUT2D eigenvalue weighted by atomic mass is 32.1. The Labute approximate surface area is 174 Å². The molecule has 3 aromatic rings. The van der Waals surface area contributed by atoms with Crippen LogP contribution in [0.5, 0.6) is 0 Å². The van der Waals surface area contributed by atoms with Gasteiger partial charge in [0.15, 0.2) is 0 Å². The molecule has 2 aromatic carbocycles. The maximum Gasteiger partial charge on any atom is 0.266 e. The minimum absolute atomic E-state index is 0.192. The van der Waals surface area contributed by atoms with Gasteiger partial charge in [-0.05, 0) is 37.1 Å². The van der Waals surface area contributed by atoms with Crippen LogP contribution in [0.4, 0.5) is 15.8 Å². The zero-order valence-corrected chi connectivity index (χ0v) is 17.4. The molecular formula is C23H25FN2O2S. The summed E-state index contributed by atoms with van der Waals surface area (Å²) in [6, 6.07) is 12.8. The molecule has 1 fully saturated rings. The number of amides is 1. The van der Waals surface area contributed by atoms with Crippen molar-refractivity contribution in [2.24, 2.45) is 0 Å². The molecule has 0 radical (unpaired) electrons. The Kier molecular flexibility index (Phi) is 6.11. The van der Waals surface area contributed by atoms with Crippen LogP contribution in [0.1, 0.15) is 40.9 Å². The number of nitrogens with zero attached hydrogens (tertiary/aromatic N) is 1. The molecule has 0 spiro atoms. The number of hydrogen-bond acceptors (Lipinski definition) is 4. The predicted octanol–water partition coefficient (Wildman–Crippen LogP) is 5.82. The third-order valence-electron chi connectivity index (χ3n) is 5.36. The van der Waals surface area contributed by atoms with E-state index in [1.54, 1.807) is 13.2 Å². The zero-order chi connectivity index (χ0) is 20.2. The van der Waals surface area contributed by atoms with Crippen LogP contribution in [-0.4, -0.2) is 26.1 Å². The quantitative estimate of drug-likeness (QED) is 0.574. The van der Waals surface area contributed by atoms with Gasteiger partial charge in [0.1, 0.15) is 5.82 Å². The van der Waals surface area contributed by atoms with Crippen molar-refractivity contribution in [3.63, 3.8) is 0 Å². The second-order valence-corrected chi connectivity index (χ2v) is 8.38. The van der Waals surface area contributed by atoms with Crippen LogP contribution in [0.25, 0.3) is 10.1 Å². The molecule has 0 bridgehead atoms. The number of para-hydroxylation sites is 2. The van der Waals surface area contributed by atoms with Gasteiger partial charge in [-0.1, -0.05) is 31.0 Å². The standard InChI is InChI=1S/C23H25FN2O2S/c1-28-15-16-21-17(24)9-8-12-20(21)29-22(16)23(27)25-18-10-4-5-11-19(18)26-13-6-2-3-7-14-26/h4-5,8-12H,2-3,6-7,13-15H2,1H3,(H,25,27). The van der Waals surface area contributed by atoms with Crippen molar-refractivity contribution in [1.29, 1.82) is 0 Å². The highest BCUT2D eigenvalue weighted by Crippen LogP contribution is 2.35. The van der Waals surface area contributed by atoms with E-state index in [0.29, 0.717) is 15.8 Å². The first-order valence-corrected chi connectivity index (χ1v) is 10.8. The Balaban J connectivity index is 1.67. The molecule has 0 atom stereocenters. The van der Waals surface area contributed by atoms with E-state index >= 15 is 0 Å². The Hall–Kier alpha value is -2.44. The number of fused-ring (bicyclic) bond motifs is 1. The number of methoxy groups -OCH3 is 1. The van der Waals surface area contributed by atoms with Crippen LogP contribution >= 0.6 is 11.3 Å². The largest absolute Gasteiger partial charge is 0.380 e. The molecule has 1 saturated heterocycles. The molecule has 1 aliphatic heterocycles. The van der Waals surface area contributed by atoms with Gasteiger partial charge in [-0.15, -0.1) is 11.3 Å². The molecular weight excluding hydrogens is 387 g/mol.